The first-order chi connectivity index (χ1) is 9.22. The third-order valence-electron chi connectivity index (χ3n) is 3.12. The summed E-state index contributed by atoms with van der Waals surface area (Å²) >= 11 is 7.15. The summed E-state index contributed by atoms with van der Waals surface area (Å²) < 4.78 is 8.02. The molecule has 1 aromatic carbocycles. The molecule has 1 unspecified atom stereocenters. The summed E-state index contributed by atoms with van der Waals surface area (Å²) in [6.45, 7) is 3.98. The lowest BCUT2D eigenvalue weighted by molar-refractivity contribution is 0.167. The van der Waals surface area contributed by atoms with Crippen molar-refractivity contribution >= 4 is 31.9 Å². The van der Waals surface area contributed by atoms with Crippen LogP contribution in [-0.4, -0.2) is 13.2 Å². The summed E-state index contributed by atoms with van der Waals surface area (Å²) in [5.41, 5.74) is 1.23. The predicted octanol–water partition coefficient (Wildman–Crippen LogP) is 4.95. The molecule has 1 heterocycles. The molecule has 0 aromatic heterocycles. The average molecular weight is 389 g/mol. The van der Waals surface area contributed by atoms with E-state index >= 15 is 0 Å². The molecular weight excluding hydrogens is 370 g/mol. The van der Waals surface area contributed by atoms with Gasteiger partial charge in [0.1, 0.15) is 5.76 Å². The topological polar surface area (TPSA) is 21.3 Å². The van der Waals surface area contributed by atoms with Crippen LogP contribution in [0.15, 0.2) is 39.0 Å². The lowest BCUT2D eigenvalue weighted by Gasteiger charge is -2.26. The second-order valence-corrected chi connectivity index (χ2v) is 6.42. The summed E-state index contributed by atoms with van der Waals surface area (Å²) in [5.74, 6) is 1.06. The fourth-order valence-corrected chi connectivity index (χ4v) is 3.44. The van der Waals surface area contributed by atoms with Crippen molar-refractivity contribution in [3.63, 3.8) is 0 Å². The molecule has 4 heteroatoms. The molecule has 0 bridgehead atoms. The largest absolute Gasteiger partial charge is 0.496 e. The Bertz CT molecular complexity index is 459. The van der Waals surface area contributed by atoms with Crippen LogP contribution in [0.1, 0.15) is 37.8 Å². The van der Waals surface area contributed by atoms with Gasteiger partial charge in [0, 0.05) is 8.95 Å². The van der Waals surface area contributed by atoms with E-state index in [1.54, 1.807) is 0 Å². The van der Waals surface area contributed by atoms with Crippen molar-refractivity contribution in [2.24, 2.45) is 0 Å². The molecule has 0 radical (unpaired) electrons. The molecule has 0 fully saturated rings. The maximum absolute atomic E-state index is 5.84. The van der Waals surface area contributed by atoms with Gasteiger partial charge < -0.3 is 10.1 Å². The van der Waals surface area contributed by atoms with E-state index in [-0.39, 0.29) is 6.04 Å². The molecule has 1 aliphatic heterocycles. The molecule has 2 nitrogen and oxygen atoms in total. The molecule has 1 atom stereocenters. The zero-order chi connectivity index (χ0) is 13.7. The molecule has 1 aromatic rings. The standard InChI is InChI=1S/C15H19Br2NO/c1-2-8-18-15(14-5-3-4-9-19-14)12-7-6-11(16)10-13(12)17/h5-7,10,15,18H,2-4,8-9H2,1H3. The highest BCUT2D eigenvalue weighted by atomic mass is 79.9. The van der Waals surface area contributed by atoms with Gasteiger partial charge in [0.15, 0.2) is 0 Å². The average Bonchev–Trinajstić information content (AvgIpc) is 2.42. The number of allylic oxidation sites excluding steroid dienone is 1. The van der Waals surface area contributed by atoms with Gasteiger partial charge in [0.25, 0.3) is 0 Å². The highest BCUT2D eigenvalue weighted by Crippen LogP contribution is 2.32. The number of hydrogen-bond donors (Lipinski definition) is 1. The molecular formula is C15H19Br2NO. The maximum Gasteiger partial charge on any atom is 0.113 e. The Labute approximate surface area is 131 Å². The first-order valence-electron chi connectivity index (χ1n) is 6.73. The van der Waals surface area contributed by atoms with E-state index in [1.165, 1.54) is 5.56 Å². The Morgan fingerprint density at radius 3 is 2.84 bits per heavy atom. The normalized spacial score (nSPS) is 16.7. The molecule has 1 aliphatic rings. The molecule has 2 rings (SSSR count). The van der Waals surface area contributed by atoms with Crippen LogP contribution >= 0.6 is 31.9 Å². The zero-order valence-electron chi connectivity index (χ0n) is 11.1. The van der Waals surface area contributed by atoms with Gasteiger partial charge in [-0.1, -0.05) is 44.8 Å². The van der Waals surface area contributed by atoms with Crippen LogP contribution in [0.5, 0.6) is 0 Å². The van der Waals surface area contributed by atoms with E-state index in [9.17, 15) is 0 Å². The first kappa shape index (κ1) is 15.1. The van der Waals surface area contributed by atoms with Gasteiger partial charge >= 0.3 is 0 Å². The molecule has 1 N–H and O–H groups in total. The molecule has 0 spiro atoms. The van der Waals surface area contributed by atoms with Crippen LogP contribution in [-0.2, 0) is 4.74 Å². The number of benzene rings is 1. The lowest BCUT2D eigenvalue weighted by Crippen LogP contribution is -2.26. The molecule has 0 amide bonds. The SMILES string of the molecule is CCCNC(C1=CCCCO1)c1ccc(Br)cc1Br. The summed E-state index contributed by atoms with van der Waals surface area (Å²) in [4.78, 5) is 0. The molecule has 0 aliphatic carbocycles. The van der Waals surface area contributed by atoms with Crippen LogP contribution in [0.25, 0.3) is 0 Å². The second-order valence-electron chi connectivity index (χ2n) is 4.65. The third kappa shape index (κ3) is 4.07. The summed E-state index contributed by atoms with van der Waals surface area (Å²) in [6, 6.07) is 6.44. The third-order valence-corrected chi connectivity index (χ3v) is 4.30. The van der Waals surface area contributed by atoms with Gasteiger partial charge in [-0.05, 0) is 49.6 Å². The summed E-state index contributed by atoms with van der Waals surface area (Å²) in [7, 11) is 0. The van der Waals surface area contributed by atoms with E-state index in [1.807, 2.05) is 0 Å². The Hall–Kier alpha value is -0.320. The van der Waals surface area contributed by atoms with Crippen LogP contribution in [0, 0.1) is 0 Å². The number of halogens is 2. The Morgan fingerprint density at radius 2 is 2.21 bits per heavy atom. The van der Waals surface area contributed by atoms with Crippen LogP contribution in [0.4, 0.5) is 0 Å². The number of rotatable bonds is 5. The van der Waals surface area contributed by atoms with Gasteiger partial charge in [-0.15, -0.1) is 0 Å². The highest BCUT2D eigenvalue weighted by molar-refractivity contribution is 9.11. The minimum Gasteiger partial charge on any atom is -0.496 e. The minimum absolute atomic E-state index is 0.141. The molecule has 0 saturated carbocycles. The Kier molecular flexibility index (Phi) is 5.92. The van der Waals surface area contributed by atoms with Gasteiger partial charge in [-0.2, -0.15) is 0 Å². The van der Waals surface area contributed by atoms with Crippen molar-refractivity contribution in [1.82, 2.24) is 5.32 Å². The Morgan fingerprint density at radius 1 is 1.37 bits per heavy atom. The van der Waals surface area contributed by atoms with Gasteiger partial charge in [-0.3, -0.25) is 0 Å². The summed E-state index contributed by atoms with van der Waals surface area (Å²) in [5, 5.41) is 3.58. The van der Waals surface area contributed by atoms with Crippen molar-refractivity contribution in [2.45, 2.75) is 32.2 Å². The van der Waals surface area contributed by atoms with Crippen molar-refractivity contribution in [1.29, 1.82) is 0 Å². The van der Waals surface area contributed by atoms with Gasteiger partial charge in [-0.25, -0.2) is 0 Å². The van der Waals surface area contributed by atoms with Crippen molar-refractivity contribution < 1.29 is 4.74 Å². The zero-order valence-corrected chi connectivity index (χ0v) is 14.3. The van der Waals surface area contributed by atoms with E-state index in [0.29, 0.717) is 0 Å². The molecule has 19 heavy (non-hydrogen) atoms. The van der Waals surface area contributed by atoms with Crippen molar-refractivity contribution in [2.75, 3.05) is 13.2 Å². The van der Waals surface area contributed by atoms with Crippen LogP contribution in [0.3, 0.4) is 0 Å². The van der Waals surface area contributed by atoms with Gasteiger partial charge in [0.05, 0.1) is 12.6 Å². The summed E-state index contributed by atoms with van der Waals surface area (Å²) in [6.07, 6.45) is 5.54. The van der Waals surface area contributed by atoms with E-state index in [4.69, 9.17) is 4.74 Å². The predicted molar refractivity (Wildman–Crippen MR) is 86.1 cm³/mol. The van der Waals surface area contributed by atoms with Crippen LogP contribution < -0.4 is 5.32 Å². The maximum atomic E-state index is 5.84. The van der Waals surface area contributed by atoms with E-state index < -0.39 is 0 Å². The van der Waals surface area contributed by atoms with Gasteiger partial charge in [0.2, 0.25) is 0 Å². The molecule has 0 saturated heterocycles. The van der Waals surface area contributed by atoms with E-state index in [2.05, 4.69) is 68.4 Å². The minimum atomic E-state index is 0.141. The monoisotopic (exact) mass is 387 g/mol. The second kappa shape index (κ2) is 7.46. The fourth-order valence-electron chi connectivity index (χ4n) is 2.17. The Balaban J connectivity index is 2.27. The smallest absolute Gasteiger partial charge is 0.113 e. The number of hydrogen-bond acceptors (Lipinski definition) is 2. The first-order valence-corrected chi connectivity index (χ1v) is 8.32. The highest BCUT2D eigenvalue weighted by Gasteiger charge is 2.21. The fraction of sp³-hybridized carbons (Fsp3) is 0.467. The quantitative estimate of drug-likeness (QED) is 0.770. The van der Waals surface area contributed by atoms with Crippen molar-refractivity contribution in [3.05, 3.63) is 44.5 Å². The van der Waals surface area contributed by atoms with Crippen molar-refractivity contribution in [3.8, 4) is 0 Å². The lowest BCUT2D eigenvalue weighted by atomic mass is 10.0. The molecule has 104 valence electrons. The van der Waals surface area contributed by atoms with Crippen LogP contribution in [0.2, 0.25) is 0 Å². The van der Waals surface area contributed by atoms with E-state index in [0.717, 1.165) is 47.1 Å². The number of nitrogens with one attached hydrogen (secondary N) is 1. The number of ether oxygens (including phenoxy) is 1.